The lowest BCUT2D eigenvalue weighted by molar-refractivity contribution is 0.0997. The summed E-state index contributed by atoms with van der Waals surface area (Å²) in [6, 6.07) is 6.14. The first-order valence-electron chi connectivity index (χ1n) is 9.07. The van der Waals surface area contributed by atoms with Crippen LogP contribution in [0, 0.1) is 0 Å². The molecule has 0 saturated heterocycles. The molecule has 0 spiro atoms. The fourth-order valence-electron chi connectivity index (χ4n) is 3.31. The number of fused-ring (bicyclic) bond motifs is 2. The van der Waals surface area contributed by atoms with Gasteiger partial charge in [-0.05, 0) is 43.4 Å². The van der Waals surface area contributed by atoms with Gasteiger partial charge in [-0.2, -0.15) is 0 Å². The number of nitrogens with one attached hydrogen (secondary N) is 1. The molecule has 0 fully saturated rings. The summed E-state index contributed by atoms with van der Waals surface area (Å²) in [5, 5.41) is 4.68. The largest absolute Gasteiger partial charge is 0.450 e. The molecule has 2 aromatic heterocycles. The van der Waals surface area contributed by atoms with E-state index in [9.17, 15) is 9.59 Å². The van der Waals surface area contributed by atoms with Crippen LogP contribution in [0.1, 0.15) is 27.7 Å². The van der Waals surface area contributed by atoms with Gasteiger partial charge in [0.2, 0.25) is 0 Å². The summed E-state index contributed by atoms with van der Waals surface area (Å²) in [6.45, 7) is 3.03. The van der Waals surface area contributed by atoms with Crippen LogP contribution >= 0.6 is 34.4 Å². The topological polar surface area (TPSA) is 97.6 Å². The van der Waals surface area contributed by atoms with Crippen molar-refractivity contribution in [3.8, 4) is 0 Å². The van der Waals surface area contributed by atoms with Crippen molar-refractivity contribution in [1.82, 2.24) is 9.88 Å². The molecule has 0 aliphatic carbocycles. The van der Waals surface area contributed by atoms with Gasteiger partial charge >= 0.3 is 6.09 Å². The van der Waals surface area contributed by atoms with Gasteiger partial charge in [-0.15, -0.1) is 23.1 Å². The maximum Gasteiger partial charge on any atom is 0.410 e. The van der Waals surface area contributed by atoms with Crippen LogP contribution in [0.4, 0.5) is 14.9 Å². The van der Waals surface area contributed by atoms with Crippen molar-refractivity contribution in [3.05, 3.63) is 34.2 Å². The lowest BCUT2D eigenvalue weighted by Crippen LogP contribution is -2.36. The molecule has 10 heteroatoms. The van der Waals surface area contributed by atoms with Crippen molar-refractivity contribution >= 4 is 66.8 Å². The van der Waals surface area contributed by atoms with E-state index < -0.39 is 5.91 Å². The average molecular weight is 449 g/mol. The van der Waals surface area contributed by atoms with E-state index in [4.69, 9.17) is 10.5 Å². The quantitative estimate of drug-likeness (QED) is 0.560. The molecular weight excluding hydrogens is 428 g/mol. The molecule has 1 aliphatic heterocycles. The Balaban J connectivity index is 1.64. The lowest BCUT2D eigenvalue weighted by atomic mass is 10.0. The van der Waals surface area contributed by atoms with E-state index in [1.807, 2.05) is 18.4 Å². The van der Waals surface area contributed by atoms with E-state index in [-0.39, 0.29) is 6.09 Å². The highest BCUT2D eigenvalue weighted by atomic mass is 32.2. The number of amides is 2. The maximum absolute atomic E-state index is 12.2. The first kappa shape index (κ1) is 20.0. The van der Waals surface area contributed by atoms with Gasteiger partial charge in [0.25, 0.3) is 5.91 Å². The fraction of sp³-hybridized carbons (Fsp3) is 0.316. The third kappa shape index (κ3) is 3.92. The lowest BCUT2D eigenvalue weighted by Gasteiger charge is -2.26. The summed E-state index contributed by atoms with van der Waals surface area (Å²) in [6.07, 6.45) is 2.27. The van der Waals surface area contributed by atoms with Crippen LogP contribution in [0.15, 0.2) is 23.1 Å². The molecule has 3 N–H and O–H groups in total. The van der Waals surface area contributed by atoms with Gasteiger partial charge in [-0.25, -0.2) is 9.78 Å². The van der Waals surface area contributed by atoms with Crippen molar-refractivity contribution in [1.29, 1.82) is 0 Å². The fourth-order valence-corrected chi connectivity index (χ4v) is 6.06. The summed E-state index contributed by atoms with van der Waals surface area (Å²) >= 11 is 4.66. The number of rotatable bonds is 5. The Hall–Kier alpha value is -2.30. The number of nitrogens with two attached hydrogens (primary N) is 1. The Morgan fingerprint density at radius 1 is 1.38 bits per heavy atom. The molecule has 2 amide bonds. The number of hydrogen-bond donors (Lipinski definition) is 2. The van der Waals surface area contributed by atoms with Crippen molar-refractivity contribution in [2.45, 2.75) is 24.8 Å². The molecule has 152 valence electrons. The number of anilines is 2. The predicted molar refractivity (Wildman–Crippen MR) is 119 cm³/mol. The summed E-state index contributed by atoms with van der Waals surface area (Å²) in [5.74, 6) is -0.472. The van der Waals surface area contributed by atoms with E-state index >= 15 is 0 Å². The number of benzene rings is 1. The van der Waals surface area contributed by atoms with Crippen LogP contribution in [-0.4, -0.2) is 41.3 Å². The number of aromatic nitrogens is 1. The minimum absolute atomic E-state index is 0.335. The van der Waals surface area contributed by atoms with Crippen molar-refractivity contribution < 1.29 is 14.3 Å². The standard InChI is InChI=1S/C19H20N4O3S3/c1-3-26-19(25)23-7-6-11-14(9-23)28-17(15(11)16(20)24)22-18-21-12-5-4-10(27-2)8-13(12)29-18/h4-5,8H,3,6-7,9H2,1-2H3,(H2,20,24)(H,21,22). The number of primary amides is 1. The molecule has 0 bridgehead atoms. The Bertz CT molecular complexity index is 1090. The number of thiophene rings is 1. The van der Waals surface area contributed by atoms with Gasteiger partial charge in [0.1, 0.15) is 5.00 Å². The minimum atomic E-state index is -0.472. The van der Waals surface area contributed by atoms with Crippen LogP contribution in [-0.2, 0) is 17.7 Å². The Morgan fingerprint density at radius 2 is 2.21 bits per heavy atom. The highest BCUT2D eigenvalue weighted by molar-refractivity contribution is 7.98. The number of carbonyl (C=O) groups is 2. The van der Waals surface area contributed by atoms with E-state index in [0.717, 1.165) is 20.7 Å². The molecule has 4 rings (SSSR count). The van der Waals surface area contributed by atoms with Crippen molar-refractivity contribution in [3.63, 3.8) is 0 Å². The molecule has 0 unspecified atom stereocenters. The average Bonchev–Trinajstić information content (AvgIpc) is 3.26. The summed E-state index contributed by atoms with van der Waals surface area (Å²) < 4.78 is 6.18. The van der Waals surface area contributed by atoms with Gasteiger partial charge in [0.15, 0.2) is 5.13 Å². The number of hydrogen-bond acceptors (Lipinski definition) is 8. The highest BCUT2D eigenvalue weighted by Gasteiger charge is 2.29. The van der Waals surface area contributed by atoms with Gasteiger partial charge in [-0.3, -0.25) is 4.79 Å². The third-order valence-corrected chi connectivity index (χ3v) is 7.44. The Kier molecular flexibility index (Phi) is 5.66. The van der Waals surface area contributed by atoms with E-state index in [2.05, 4.69) is 16.4 Å². The van der Waals surface area contributed by atoms with Crippen LogP contribution in [0.3, 0.4) is 0 Å². The minimum Gasteiger partial charge on any atom is -0.450 e. The monoisotopic (exact) mass is 448 g/mol. The second-order valence-corrected chi connectivity index (χ2v) is 9.44. The van der Waals surface area contributed by atoms with Crippen LogP contribution in [0.5, 0.6) is 0 Å². The molecular formula is C19H20N4O3S3. The zero-order valence-corrected chi connectivity index (χ0v) is 18.4. The zero-order valence-electron chi connectivity index (χ0n) is 16.0. The van der Waals surface area contributed by atoms with Crippen molar-refractivity contribution in [2.75, 3.05) is 24.7 Å². The number of thiazole rings is 1. The van der Waals surface area contributed by atoms with E-state index in [0.29, 0.717) is 41.8 Å². The number of thioether (sulfide) groups is 1. The summed E-state index contributed by atoms with van der Waals surface area (Å²) in [4.78, 5) is 32.7. The third-order valence-electron chi connectivity index (χ3n) is 4.65. The summed E-state index contributed by atoms with van der Waals surface area (Å²) in [7, 11) is 0. The van der Waals surface area contributed by atoms with Crippen LogP contribution < -0.4 is 11.1 Å². The molecule has 3 heterocycles. The Morgan fingerprint density at radius 3 is 2.93 bits per heavy atom. The smallest absolute Gasteiger partial charge is 0.410 e. The number of ether oxygens (including phenoxy) is 1. The normalized spacial score (nSPS) is 13.4. The van der Waals surface area contributed by atoms with E-state index in [1.165, 1.54) is 27.6 Å². The predicted octanol–water partition coefficient (Wildman–Crippen LogP) is 4.44. The van der Waals surface area contributed by atoms with Crippen LogP contribution in [0.2, 0.25) is 0 Å². The van der Waals surface area contributed by atoms with Gasteiger partial charge in [-0.1, -0.05) is 11.3 Å². The molecule has 0 atom stereocenters. The first-order chi connectivity index (χ1) is 14.0. The maximum atomic E-state index is 12.2. The van der Waals surface area contributed by atoms with Gasteiger partial charge < -0.3 is 20.7 Å². The molecule has 29 heavy (non-hydrogen) atoms. The molecule has 0 radical (unpaired) electrons. The molecule has 1 aromatic carbocycles. The first-order valence-corrected chi connectivity index (χ1v) is 11.9. The van der Waals surface area contributed by atoms with Gasteiger partial charge in [0.05, 0.1) is 28.9 Å². The molecule has 3 aromatic rings. The second-order valence-electron chi connectivity index (χ2n) is 6.42. The molecule has 7 nitrogen and oxygen atoms in total. The number of carbonyl (C=O) groups excluding carboxylic acids is 2. The van der Waals surface area contributed by atoms with E-state index in [1.54, 1.807) is 23.6 Å². The van der Waals surface area contributed by atoms with Gasteiger partial charge in [0, 0.05) is 16.3 Å². The van der Waals surface area contributed by atoms with Crippen LogP contribution in [0.25, 0.3) is 10.2 Å². The zero-order chi connectivity index (χ0) is 20.5. The summed E-state index contributed by atoms with van der Waals surface area (Å²) in [5.41, 5.74) is 8.01. The molecule has 0 saturated carbocycles. The SMILES string of the molecule is CCOC(=O)N1CCc2c(sc(Nc3nc4ccc(SC)cc4s3)c2C(N)=O)C1. The number of nitrogens with zero attached hydrogens (tertiary/aromatic N) is 2. The van der Waals surface area contributed by atoms with Crippen molar-refractivity contribution in [2.24, 2.45) is 5.73 Å². The molecule has 1 aliphatic rings. The second kappa shape index (κ2) is 8.21. The highest BCUT2D eigenvalue weighted by Crippen LogP contribution is 2.40. The Labute approximate surface area is 180 Å².